The molecule has 2 nitrogen and oxygen atoms in total. The molecule has 3 heteroatoms. The first-order valence-electron chi connectivity index (χ1n) is 3.41. The summed E-state index contributed by atoms with van der Waals surface area (Å²) in [7, 11) is 0. The van der Waals surface area contributed by atoms with Gasteiger partial charge >= 0.3 is 51.4 Å². The first-order chi connectivity index (χ1) is 5.27. The zero-order chi connectivity index (χ0) is 8.53. The van der Waals surface area contributed by atoms with Gasteiger partial charge < -0.3 is 9.90 Å². The Morgan fingerprint density at radius 1 is 1.25 bits per heavy atom. The maximum absolute atomic E-state index is 9.89. The molecule has 60 valence electrons. The van der Waals surface area contributed by atoms with Crippen molar-refractivity contribution in [3.63, 3.8) is 0 Å². The average Bonchev–Trinajstić information content (AvgIpc) is 1.96. The molecule has 0 saturated carbocycles. The molecule has 0 aliphatic rings. The van der Waals surface area contributed by atoms with Gasteiger partial charge in [0, 0.05) is 12.4 Å². The number of carbonyl (C=O) groups excluding carboxylic acids is 1. The Kier molecular flexibility index (Phi) is 14.0. The fourth-order valence-electron chi connectivity index (χ4n) is 0.482. The number of carbonyl (C=O) groups is 1. The van der Waals surface area contributed by atoms with E-state index in [0.29, 0.717) is 0 Å². The number of carboxylic acids is 1. The number of rotatable bonds is 4. The van der Waals surface area contributed by atoms with Crippen molar-refractivity contribution in [2.45, 2.75) is 13.3 Å². The van der Waals surface area contributed by atoms with Crippen LogP contribution in [0.1, 0.15) is 13.3 Å². The summed E-state index contributed by atoms with van der Waals surface area (Å²) < 4.78 is 0. The van der Waals surface area contributed by atoms with E-state index in [9.17, 15) is 9.90 Å². The molecule has 0 unspecified atom stereocenters. The molecular formula is C9H11KO2. The number of hydrogen-bond donors (Lipinski definition) is 0. The Labute approximate surface area is 115 Å². The predicted molar refractivity (Wildman–Crippen MR) is 42.7 cm³/mol. The molecule has 0 heterocycles. The van der Waals surface area contributed by atoms with Gasteiger partial charge in [0.2, 0.25) is 0 Å². The third-order valence-corrected chi connectivity index (χ3v) is 0.946. The molecule has 0 aromatic heterocycles. The van der Waals surface area contributed by atoms with Crippen molar-refractivity contribution in [3.8, 4) is 0 Å². The fourth-order valence-corrected chi connectivity index (χ4v) is 0.482. The van der Waals surface area contributed by atoms with Crippen LogP contribution in [0, 0.1) is 0 Å². The van der Waals surface area contributed by atoms with Crippen molar-refractivity contribution in [3.05, 3.63) is 36.5 Å². The Hall–Kier alpha value is 0.326. The second kappa shape index (κ2) is 11.3. The normalized spacial score (nSPS) is 11.1. The van der Waals surface area contributed by atoms with Gasteiger partial charge in [-0.2, -0.15) is 0 Å². The van der Waals surface area contributed by atoms with Gasteiger partial charge in [0.25, 0.3) is 0 Å². The standard InChI is InChI=1S/C9H12O2.K/c1-2-3-4-5-6-7-8-9(10)11;/h2-7H,8H2,1H3,(H,10,11);/q;+1/p-1. The molecule has 0 fully saturated rings. The summed E-state index contributed by atoms with van der Waals surface area (Å²) in [5, 5.41) is 9.89. The molecule has 0 N–H and O–H groups in total. The summed E-state index contributed by atoms with van der Waals surface area (Å²) in [4.78, 5) is 9.89. The van der Waals surface area contributed by atoms with Crippen molar-refractivity contribution < 1.29 is 61.3 Å². The van der Waals surface area contributed by atoms with Crippen LogP contribution in [0.4, 0.5) is 0 Å². The second-order valence-corrected chi connectivity index (χ2v) is 1.91. The molecule has 12 heavy (non-hydrogen) atoms. The number of aliphatic carboxylic acids is 1. The molecule has 0 aromatic rings. The van der Waals surface area contributed by atoms with E-state index in [4.69, 9.17) is 0 Å². The smallest absolute Gasteiger partial charge is 0.550 e. The number of hydrogen-bond acceptors (Lipinski definition) is 2. The molecular weight excluding hydrogens is 179 g/mol. The summed E-state index contributed by atoms with van der Waals surface area (Å²) in [6.07, 6.45) is 10.5. The molecule has 0 saturated heterocycles. The van der Waals surface area contributed by atoms with E-state index in [1.807, 2.05) is 25.2 Å². The quantitative estimate of drug-likeness (QED) is 0.373. The maximum Gasteiger partial charge on any atom is 1.00 e. The summed E-state index contributed by atoms with van der Waals surface area (Å²) in [6.45, 7) is 1.91. The molecule has 0 amide bonds. The van der Waals surface area contributed by atoms with Gasteiger partial charge in [0.1, 0.15) is 0 Å². The predicted octanol–water partition coefficient (Wildman–Crippen LogP) is -2.18. The molecule has 0 aliphatic carbocycles. The summed E-state index contributed by atoms with van der Waals surface area (Å²) >= 11 is 0. The van der Waals surface area contributed by atoms with E-state index >= 15 is 0 Å². The Bertz CT molecular complexity index is 193. The minimum absolute atomic E-state index is 0. The third-order valence-electron chi connectivity index (χ3n) is 0.946. The van der Waals surface area contributed by atoms with Gasteiger partial charge in [-0.25, -0.2) is 0 Å². The van der Waals surface area contributed by atoms with E-state index in [1.54, 1.807) is 12.2 Å². The minimum atomic E-state index is -1.05. The summed E-state index contributed by atoms with van der Waals surface area (Å²) in [5.41, 5.74) is 0. The van der Waals surface area contributed by atoms with Crippen LogP contribution in [0.2, 0.25) is 0 Å². The third kappa shape index (κ3) is 13.0. The Balaban J connectivity index is 0. The molecule has 0 aliphatic heterocycles. The molecule has 0 aromatic carbocycles. The number of carboxylic acid groups (broad SMARTS) is 1. The van der Waals surface area contributed by atoms with Gasteiger partial charge in [-0.05, 0) is 6.92 Å². The van der Waals surface area contributed by atoms with E-state index in [0.717, 1.165) is 0 Å². The van der Waals surface area contributed by atoms with Crippen molar-refractivity contribution in [2.24, 2.45) is 0 Å². The molecule has 0 atom stereocenters. The summed E-state index contributed by atoms with van der Waals surface area (Å²) in [6, 6.07) is 0. The van der Waals surface area contributed by atoms with Crippen LogP contribution in [0.25, 0.3) is 0 Å². The second-order valence-electron chi connectivity index (χ2n) is 1.91. The van der Waals surface area contributed by atoms with Crippen molar-refractivity contribution in [1.82, 2.24) is 0 Å². The van der Waals surface area contributed by atoms with Crippen LogP contribution in [-0.4, -0.2) is 5.97 Å². The largest absolute Gasteiger partial charge is 1.00 e. The van der Waals surface area contributed by atoms with Crippen LogP contribution in [0.5, 0.6) is 0 Å². The number of allylic oxidation sites excluding steroid dienone is 5. The Morgan fingerprint density at radius 3 is 2.33 bits per heavy atom. The van der Waals surface area contributed by atoms with Crippen LogP contribution < -0.4 is 56.5 Å². The molecule has 0 radical (unpaired) electrons. The first kappa shape index (κ1) is 14.8. The zero-order valence-corrected chi connectivity index (χ0v) is 10.6. The topological polar surface area (TPSA) is 40.1 Å². The van der Waals surface area contributed by atoms with E-state index in [2.05, 4.69) is 0 Å². The average molecular weight is 190 g/mol. The SMILES string of the molecule is CC=CC=CC=CCC(=O)[O-].[K+]. The van der Waals surface area contributed by atoms with E-state index in [1.165, 1.54) is 6.08 Å². The van der Waals surface area contributed by atoms with Gasteiger partial charge in [-0.1, -0.05) is 36.5 Å². The summed E-state index contributed by atoms with van der Waals surface area (Å²) in [5.74, 6) is -1.05. The van der Waals surface area contributed by atoms with Crippen LogP contribution in [-0.2, 0) is 4.79 Å². The van der Waals surface area contributed by atoms with Gasteiger partial charge in [-0.3, -0.25) is 0 Å². The van der Waals surface area contributed by atoms with Crippen molar-refractivity contribution in [1.29, 1.82) is 0 Å². The van der Waals surface area contributed by atoms with Gasteiger partial charge in [0.15, 0.2) is 0 Å². The van der Waals surface area contributed by atoms with E-state index < -0.39 is 5.97 Å². The Morgan fingerprint density at radius 2 is 1.83 bits per heavy atom. The molecule has 0 spiro atoms. The monoisotopic (exact) mass is 190 g/mol. The van der Waals surface area contributed by atoms with Gasteiger partial charge in [-0.15, -0.1) is 0 Å². The van der Waals surface area contributed by atoms with E-state index in [-0.39, 0.29) is 57.8 Å². The van der Waals surface area contributed by atoms with Crippen LogP contribution >= 0.6 is 0 Å². The molecule has 0 rings (SSSR count). The first-order valence-corrected chi connectivity index (χ1v) is 3.41. The van der Waals surface area contributed by atoms with Crippen LogP contribution in [0.3, 0.4) is 0 Å². The minimum Gasteiger partial charge on any atom is -0.550 e. The maximum atomic E-state index is 9.89. The molecule has 0 bridgehead atoms. The fraction of sp³-hybridized carbons (Fsp3) is 0.222. The van der Waals surface area contributed by atoms with Crippen molar-refractivity contribution >= 4 is 5.97 Å². The zero-order valence-electron chi connectivity index (χ0n) is 7.49. The van der Waals surface area contributed by atoms with Gasteiger partial charge in [0.05, 0.1) is 0 Å². The van der Waals surface area contributed by atoms with Crippen LogP contribution in [0.15, 0.2) is 36.5 Å². The van der Waals surface area contributed by atoms with Crippen molar-refractivity contribution in [2.75, 3.05) is 0 Å².